The molecule has 0 saturated heterocycles. The Morgan fingerprint density at radius 1 is 1.14 bits per heavy atom. The van der Waals surface area contributed by atoms with Gasteiger partial charge < -0.3 is 5.11 Å². The minimum Gasteiger partial charge on any atom is -0.383 e. The Hall–Kier alpha value is -1.74. The van der Waals surface area contributed by atoms with Crippen LogP contribution in [0, 0.1) is 0 Å². The average Bonchev–Trinajstić information content (AvgIpc) is 2.55. The molecule has 14 heavy (non-hydrogen) atoms. The molecule has 3 nitrogen and oxygen atoms in total. The lowest BCUT2D eigenvalue weighted by Gasteiger charge is -2.02. The Labute approximate surface area is 81.1 Å². The van der Waals surface area contributed by atoms with Gasteiger partial charge in [-0.2, -0.15) is 0 Å². The number of pyridine rings is 2. The summed E-state index contributed by atoms with van der Waals surface area (Å²) < 4.78 is 0. The number of aliphatic hydroxyl groups is 1. The first-order valence-corrected chi connectivity index (χ1v) is 4.45. The molecular weight excluding hydrogens is 176 g/mol. The summed E-state index contributed by atoms with van der Waals surface area (Å²) in [6.07, 6.45) is 4.58. The van der Waals surface area contributed by atoms with Gasteiger partial charge in [0.1, 0.15) is 6.10 Å². The van der Waals surface area contributed by atoms with Gasteiger partial charge in [-0.15, -0.1) is 0 Å². The first-order chi connectivity index (χ1) is 6.88. The molecule has 2 aromatic rings. The fourth-order valence-corrected chi connectivity index (χ4v) is 1.87. The van der Waals surface area contributed by atoms with Crippen LogP contribution in [0.25, 0.3) is 11.3 Å². The number of hydrogen-bond acceptors (Lipinski definition) is 3. The van der Waals surface area contributed by atoms with E-state index in [1.165, 1.54) is 0 Å². The van der Waals surface area contributed by atoms with Crippen molar-refractivity contribution in [3.8, 4) is 11.3 Å². The maximum atomic E-state index is 9.95. The molecule has 3 heteroatoms. The molecule has 1 N–H and O–H groups in total. The molecule has 0 bridgehead atoms. The molecule has 0 amide bonds. The molecule has 68 valence electrons. The van der Waals surface area contributed by atoms with E-state index >= 15 is 0 Å². The van der Waals surface area contributed by atoms with Gasteiger partial charge in [-0.05, 0) is 12.1 Å². The second-order valence-electron chi connectivity index (χ2n) is 3.31. The van der Waals surface area contributed by atoms with E-state index in [1.54, 1.807) is 18.6 Å². The van der Waals surface area contributed by atoms with Crippen LogP contribution in [0.3, 0.4) is 0 Å². The molecular formula is C11H8N2O. The Morgan fingerprint density at radius 2 is 2.07 bits per heavy atom. The highest BCUT2D eigenvalue weighted by atomic mass is 16.3. The highest BCUT2D eigenvalue weighted by Gasteiger charge is 2.27. The van der Waals surface area contributed by atoms with Crippen molar-refractivity contribution in [3.63, 3.8) is 0 Å². The molecule has 2 aromatic heterocycles. The molecule has 3 rings (SSSR count). The Balaban J connectivity index is 2.36. The fraction of sp³-hybridized carbons (Fsp3) is 0.0909. The van der Waals surface area contributed by atoms with E-state index in [-0.39, 0.29) is 0 Å². The van der Waals surface area contributed by atoms with Crippen molar-refractivity contribution >= 4 is 0 Å². The maximum Gasteiger partial charge on any atom is 0.108 e. The van der Waals surface area contributed by atoms with Crippen LogP contribution in [0.15, 0.2) is 36.8 Å². The van der Waals surface area contributed by atoms with Gasteiger partial charge >= 0.3 is 0 Å². The fourth-order valence-electron chi connectivity index (χ4n) is 1.87. The number of rotatable bonds is 0. The minimum atomic E-state index is -0.567. The van der Waals surface area contributed by atoms with Crippen molar-refractivity contribution in [1.29, 1.82) is 0 Å². The number of aliphatic hydroxyl groups excluding tert-OH is 1. The smallest absolute Gasteiger partial charge is 0.108 e. The Bertz CT molecular complexity index is 451. The monoisotopic (exact) mass is 184 g/mol. The summed E-state index contributed by atoms with van der Waals surface area (Å²) in [4.78, 5) is 8.27. The second-order valence-corrected chi connectivity index (χ2v) is 3.31. The van der Waals surface area contributed by atoms with Gasteiger partial charge in [0.15, 0.2) is 0 Å². The number of hydrogen-bond donors (Lipinski definition) is 1. The molecule has 1 aliphatic carbocycles. The Kier molecular flexibility index (Phi) is 1.43. The van der Waals surface area contributed by atoms with Crippen molar-refractivity contribution in [3.05, 3.63) is 47.9 Å². The normalized spacial score (nSPS) is 17.6. The van der Waals surface area contributed by atoms with E-state index in [4.69, 9.17) is 0 Å². The van der Waals surface area contributed by atoms with Crippen molar-refractivity contribution in [1.82, 2.24) is 9.97 Å². The average molecular weight is 184 g/mol. The van der Waals surface area contributed by atoms with Gasteiger partial charge in [0.2, 0.25) is 0 Å². The van der Waals surface area contributed by atoms with Gasteiger partial charge in [0, 0.05) is 35.3 Å². The zero-order valence-electron chi connectivity index (χ0n) is 7.38. The van der Waals surface area contributed by atoms with E-state index in [0.717, 1.165) is 22.4 Å². The molecule has 0 saturated carbocycles. The topological polar surface area (TPSA) is 46.0 Å². The third-order valence-corrected chi connectivity index (χ3v) is 2.54. The molecule has 0 fully saturated rings. The number of nitrogens with zero attached hydrogens (tertiary/aromatic N) is 2. The first kappa shape index (κ1) is 7.64. The van der Waals surface area contributed by atoms with Crippen LogP contribution in [0.5, 0.6) is 0 Å². The zero-order valence-corrected chi connectivity index (χ0v) is 7.38. The van der Waals surface area contributed by atoms with E-state index < -0.39 is 6.10 Å². The Morgan fingerprint density at radius 3 is 3.00 bits per heavy atom. The molecule has 2 heterocycles. The van der Waals surface area contributed by atoms with Gasteiger partial charge in [-0.3, -0.25) is 9.97 Å². The van der Waals surface area contributed by atoms with Gasteiger partial charge in [-0.25, -0.2) is 0 Å². The van der Waals surface area contributed by atoms with Crippen LogP contribution in [0.2, 0.25) is 0 Å². The van der Waals surface area contributed by atoms with E-state index in [2.05, 4.69) is 9.97 Å². The molecule has 1 atom stereocenters. The predicted octanol–water partition coefficient (Wildman–Crippen LogP) is 1.54. The summed E-state index contributed by atoms with van der Waals surface area (Å²) in [5.74, 6) is 0. The molecule has 1 unspecified atom stereocenters. The molecule has 0 radical (unpaired) electrons. The molecule has 0 spiro atoms. The largest absolute Gasteiger partial charge is 0.383 e. The summed E-state index contributed by atoms with van der Waals surface area (Å²) in [7, 11) is 0. The van der Waals surface area contributed by atoms with Crippen LogP contribution < -0.4 is 0 Å². The maximum absolute atomic E-state index is 9.95. The molecule has 0 aliphatic heterocycles. The van der Waals surface area contributed by atoms with Gasteiger partial charge in [-0.1, -0.05) is 6.07 Å². The lowest BCUT2D eigenvalue weighted by Crippen LogP contribution is -1.93. The molecule has 0 aromatic carbocycles. The lowest BCUT2D eigenvalue weighted by molar-refractivity contribution is 0.224. The summed E-state index contributed by atoms with van der Waals surface area (Å²) in [5, 5.41) is 9.95. The summed E-state index contributed by atoms with van der Waals surface area (Å²) in [6, 6.07) is 5.62. The van der Waals surface area contributed by atoms with Crippen LogP contribution in [0.4, 0.5) is 0 Å². The van der Waals surface area contributed by atoms with Crippen LogP contribution in [-0.2, 0) is 0 Å². The minimum absolute atomic E-state index is 0.567. The van der Waals surface area contributed by atoms with Crippen LogP contribution in [0.1, 0.15) is 17.2 Å². The van der Waals surface area contributed by atoms with Crippen molar-refractivity contribution in [2.24, 2.45) is 0 Å². The lowest BCUT2D eigenvalue weighted by atomic mass is 10.1. The van der Waals surface area contributed by atoms with Crippen LogP contribution >= 0.6 is 0 Å². The quantitative estimate of drug-likeness (QED) is 0.675. The predicted molar refractivity (Wildman–Crippen MR) is 51.5 cm³/mol. The van der Waals surface area contributed by atoms with E-state index in [9.17, 15) is 5.11 Å². The van der Waals surface area contributed by atoms with E-state index in [1.807, 2.05) is 18.2 Å². The van der Waals surface area contributed by atoms with Gasteiger partial charge in [0.05, 0.1) is 5.69 Å². The summed E-state index contributed by atoms with van der Waals surface area (Å²) in [6.45, 7) is 0. The summed E-state index contributed by atoms with van der Waals surface area (Å²) >= 11 is 0. The second kappa shape index (κ2) is 2.62. The highest BCUT2D eigenvalue weighted by Crippen LogP contribution is 2.40. The summed E-state index contributed by atoms with van der Waals surface area (Å²) in [5.41, 5.74) is 3.58. The first-order valence-electron chi connectivity index (χ1n) is 4.45. The number of aromatic nitrogens is 2. The number of fused-ring (bicyclic) bond motifs is 3. The van der Waals surface area contributed by atoms with Crippen LogP contribution in [-0.4, -0.2) is 15.1 Å². The SMILES string of the molecule is OC1c2cnccc2-c2ncccc21. The van der Waals surface area contributed by atoms with Gasteiger partial charge in [0.25, 0.3) is 0 Å². The van der Waals surface area contributed by atoms with Crippen molar-refractivity contribution in [2.45, 2.75) is 6.10 Å². The third-order valence-electron chi connectivity index (χ3n) is 2.54. The van der Waals surface area contributed by atoms with E-state index in [0.29, 0.717) is 0 Å². The molecule has 1 aliphatic rings. The highest BCUT2D eigenvalue weighted by molar-refractivity contribution is 5.73. The van der Waals surface area contributed by atoms with Crippen molar-refractivity contribution in [2.75, 3.05) is 0 Å². The zero-order chi connectivity index (χ0) is 9.54. The standard InChI is InChI=1S/C11H8N2O/c14-11-8-2-1-4-13-10(8)7-3-5-12-6-9(7)11/h1-6,11,14H. The third kappa shape index (κ3) is 0.845. The van der Waals surface area contributed by atoms with Crippen molar-refractivity contribution < 1.29 is 5.11 Å².